The summed E-state index contributed by atoms with van der Waals surface area (Å²) in [6.45, 7) is 2.26. The summed E-state index contributed by atoms with van der Waals surface area (Å²) in [6, 6.07) is 13.2. The van der Waals surface area contributed by atoms with Crippen molar-refractivity contribution in [1.82, 2.24) is 15.2 Å². The molecular formula is C18H19N3O2. The lowest BCUT2D eigenvalue weighted by molar-refractivity contribution is -0.148. The van der Waals surface area contributed by atoms with Crippen LogP contribution in [0, 0.1) is 5.92 Å². The molecule has 1 aromatic carbocycles. The number of nitrogens with one attached hydrogen (secondary N) is 1. The number of rotatable bonds is 4. The Morgan fingerprint density at radius 1 is 1.13 bits per heavy atom. The fourth-order valence-electron chi connectivity index (χ4n) is 2.83. The van der Waals surface area contributed by atoms with Gasteiger partial charge in [0.15, 0.2) is 0 Å². The molecule has 5 heteroatoms. The largest absolute Gasteiger partial charge is 0.334 e. The van der Waals surface area contributed by atoms with E-state index in [0.717, 1.165) is 11.1 Å². The van der Waals surface area contributed by atoms with Gasteiger partial charge in [0.25, 0.3) is 0 Å². The van der Waals surface area contributed by atoms with Gasteiger partial charge in [0, 0.05) is 18.9 Å². The molecule has 1 fully saturated rings. The smallest absolute Gasteiger partial charge is 0.324 e. The molecule has 1 N–H and O–H groups in total. The van der Waals surface area contributed by atoms with E-state index in [0.29, 0.717) is 13.0 Å². The van der Waals surface area contributed by atoms with Gasteiger partial charge in [-0.25, -0.2) is 4.79 Å². The van der Waals surface area contributed by atoms with E-state index >= 15 is 0 Å². The fourth-order valence-corrected chi connectivity index (χ4v) is 2.83. The predicted octanol–water partition coefficient (Wildman–Crippen LogP) is 2.38. The zero-order chi connectivity index (χ0) is 16.2. The number of likely N-dealkylation sites (tertiary alicyclic amines) is 1. The molecule has 1 aliphatic rings. The third-order valence-corrected chi connectivity index (χ3v) is 4.24. The Hall–Kier alpha value is -2.69. The first-order chi connectivity index (χ1) is 11.2. The highest BCUT2D eigenvalue weighted by atomic mass is 16.2. The molecule has 118 valence electrons. The molecule has 3 amide bonds. The van der Waals surface area contributed by atoms with Gasteiger partial charge < -0.3 is 5.32 Å². The minimum atomic E-state index is -0.328. The van der Waals surface area contributed by atoms with Crippen LogP contribution < -0.4 is 5.32 Å². The van der Waals surface area contributed by atoms with Crippen molar-refractivity contribution in [3.63, 3.8) is 0 Å². The topological polar surface area (TPSA) is 62.3 Å². The lowest BCUT2D eigenvalue weighted by atomic mass is 9.85. The highest BCUT2D eigenvalue weighted by molar-refractivity contribution is 6.01. The molecule has 0 bridgehead atoms. The number of carbonyl (C=O) groups excluding carboxylic acids is 2. The first-order valence-electron chi connectivity index (χ1n) is 7.70. The van der Waals surface area contributed by atoms with Crippen LogP contribution >= 0.6 is 0 Å². The van der Waals surface area contributed by atoms with Crippen LogP contribution in [0.25, 0.3) is 0 Å². The second-order valence-corrected chi connectivity index (χ2v) is 5.77. The lowest BCUT2D eigenvalue weighted by Crippen LogP contribution is -2.65. The summed E-state index contributed by atoms with van der Waals surface area (Å²) in [5.74, 6) is -0.236. The van der Waals surface area contributed by atoms with Crippen LogP contribution in [0.5, 0.6) is 0 Å². The predicted molar refractivity (Wildman–Crippen MR) is 86.4 cm³/mol. The summed E-state index contributed by atoms with van der Waals surface area (Å²) in [5, 5.41) is 2.81. The summed E-state index contributed by atoms with van der Waals surface area (Å²) in [4.78, 5) is 29.7. The third kappa shape index (κ3) is 3.23. The van der Waals surface area contributed by atoms with E-state index in [2.05, 4.69) is 10.3 Å². The molecule has 2 heterocycles. The van der Waals surface area contributed by atoms with Crippen LogP contribution in [0.1, 0.15) is 18.1 Å². The normalized spacial score (nSPS) is 20.0. The van der Waals surface area contributed by atoms with Crippen molar-refractivity contribution in [2.75, 3.05) is 0 Å². The van der Waals surface area contributed by atoms with Crippen molar-refractivity contribution in [2.45, 2.75) is 25.9 Å². The molecule has 5 nitrogen and oxygen atoms in total. The second kappa shape index (κ2) is 6.60. The highest BCUT2D eigenvalue weighted by Crippen LogP contribution is 2.29. The number of aromatic nitrogens is 1. The van der Waals surface area contributed by atoms with Crippen LogP contribution in [0.15, 0.2) is 54.9 Å². The molecule has 1 aliphatic heterocycles. The Balaban J connectivity index is 1.62. The minimum absolute atomic E-state index is 0.0812. The fraction of sp³-hybridized carbons (Fsp3) is 0.278. The third-order valence-electron chi connectivity index (χ3n) is 4.24. The molecule has 3 rings (SSSR count). The molecule has 1 aromatic heterocycles. The maximum absolute atomic E-state index is 12.3. The van der Waals surface area contributed by atoms with Gasteiger partial charge in [0.1, 0.15) is 0 Å². The zero-order valence-electron chi connectivity index (χ0n) is 13.0. The van der Waals surface area contributed by atoms with E-state index in [9.17, 15) is 9.59 Å². The Labute approximate surface area is 135 Å². The maximum Gasteiger partial charge on any atom is 0.324 e. The number of carbonyl (C=O) groups is 2. The summed E-state index contributed by atoms with van der Waals surface area (Å²) in [7, 11) is 0. The van der Waals surface area contributed by atoms with E-state index in [4.69, 9.17) is 0 Å². The van der Waals surface area contributed by atoms with E-state index < -0.39 is 0 Å². The molecule has 0 aliphatic carbocycles. The second-order valence-electron chi connectivity index (χ2n) is 5.77. The summed E-state index contributed by atoms with van der Waals surface area (Å²) < 4.78 is 0. The summed E-state index contributed by atoms with van der Waals surface area (Å²) in [6.07, 6.45) is 4.05. The first-order valence-corrected chi connectivity index (χ1v) is 7.70. The van der Waals surface area contributed by atoms with Gasteiger partial charge in [0.05, 0.1) is 12.0 Å². The highest BCUT2D eigenvalue weighted by Gasteiger charge is 2.47. The van der Waals surface area contributed by atoms with Gasteiger partial charge in [-0.15, -0.1) is 0 Å². The first kappa shape index (κ1) is 15.2. The van der Waals surface area contributed by atoms with Gasteiger partial charge >= 0.3 is 6.03 Å². The quantitative estimate of drug-likeness (QED) is 0.882. The number of urea groups is 1. The van der Waals surface area contributed by atoms with Gasteiger partial charge in [-0.2, -0.15) is 0 Å². The summed E-state index contributed by atoms with van der Waals surface area (Å²) in [5.41, 5.74) is 2.08. The zero-order valence-corrected chi connectivity index (χ0v) is 13.0. The Bertz CT molecular complexity index is 688. The Morgan fingerprint density at radius 2 is 1.83 bits per heavy atom. The molecule has 2 aromatic rings. The van der Waals surface area contributed by atoms with Crippen molar-refractivity contribution >= 4 is 11.9 Å². The van der Waals surface area contributed by atoms with Crippen LogP contribution in [0.4, 0.5) is 4.79 Å². The Morgan fingerprint density at radius 3 is 2.52 bits per heavy atom. The number of imide groups is 1. The number of β-lactam (4-membered cyclic amide) rings is 1. The monoisotopic (exact) mass is 309 g/mol. The molecule has 0 radical (unpaired) electrons. The lowest BCUT2D eigenvalue weighted by Gasteiger charge is -2.44. The molecule has 2 atom stereocenters. The van der Waals surface area contributed by atoms with Gasteiger partial charge in [-0.05, 0) is 29.7 Å². The van der Waals surface area contributed by atoms with E-state index in [1.54, 1.807) is 12.4 Å². The molecule has 0 unspecified atom stereocenters. The number of hydrogen-bond donors (Lipinski definition) is 1. The molecule has 0 spiro atoms. The number of pyridine rings is 1. The number of benzene rings is 1. The van der Waals surface area contributed by atoms with E-state index in [1.807, 2.05) is 49.4 Å². The van der Waals surface area contributed by atoms with Gasteiger partial charge in [0.2, 0.25) is 5.91 Å². The SMILES string of the molecule is C[C@@H]1C(=O)N(C(=O)NCc2ccncc2)[C@H]1Cc1ccccc1. The van der Waals surface area contributed by atoms with Crippen molar-refractivity contribution in [3.8, 4) is 0 Å². The van der Waals surface area contributed by atoms with Crippen LogP contribution in [-0.2, 0) is 17.8 Å². The number of amides is 3. The Kier molecular flexibility index (Phi) is 4.37. The number of hydrogen-bond acceptors (Lipinski definition) is 3. The average molecular weight is 309 g/mol. The van der Waals surface area contributed by atoms with Crippen LogP contribution in [0.2, 0.25) is 0 Å². The average Bonchev–Trinajstić information content (AvgIpc) is 2.61. The number of nitrogens with zero attached hydrogens (tertiary/aromatic N) is 2. The molecular weight excluding hydrogens is 290 g/mol. The van der Waals surface area contributed by atoms with Gasteiger partial charge in [-0.3, -0.25) is 14.7 Å². The van der Waals surface area contributed by atoms with Crippen molar-refractivity contribution in [1.29, 1.82) is 0 Å². The minimum Gasteiger partial charge on any atom is -0.334 e. The molecule has 1 saturated heterocycles. The van der Waals surface area contributed by atoms with Crippen molar-refractivity contribution in [2.24, 2.45) is 5.92 Å². The maximum atomic E-state index is 12.3. The van der Waals surface area contributed by atoms with E-state index in [1.165, 1.54) is 4.90 Å². The standard InChI is InChI=1S/C18H19N3O2/c1-13-16(11-14-5-3-2-4-6-14)21(17(13)22)18(23)20-12-15-7-9-19-10-8-15/h2-10,13,16H,11-12H2,1H3,(H,20,23)/t13-,16-/m0/s1. The van der Waals surface area contributed by atoms with E-state index in [-0.39, 0.29) is 23.9 Å². The van der Waals surface area contributed by atoms with Crippen LogP contribution in [-0.4, -0.2) is 27.9 Å². The molecule has 23 heavy (non-hydrogen) atoms. The van der Waals surface area contributed by atoms with Crippen molar-refractivity contribution < 1.29 is 9.59 Å². The summed E-state index contributed by atoms with van der Waals surface area (Å²) >= 11 is 0. The van der Waals surface area contributed by atoms with Crippen LogP contribution in [0.3, 0.4) is 0 Å². The molecule has 0 saturated carbocycles. The van der Waals surface area contributed by atoms with Crippen molar-refractivity contribution in [3.05, 3.63) is 66.0 Å². The van der Waals surface area contributed by atoms with Gasteiger partial charge in [-0.1, -0.05) is 37.3 Å².